The van der Waals surface area contributed by atoms with Crippen molar-refractivity contribution < 1.29 is 13.6 Å². The highest BCUT2D eigenvalue weighted by molar-refractivity contribution is 5.89. The van der Waals surface area contributed by atoms with Crippen LogP contribution in [-0.2, 0) is 7.05 Å². The number of carbonyl (C=O) groups excluding carboxylic acids is 1. The van der Waals surface area contributed by atoms with Gasteiger partial charge in [-0.3, -0.25) is 0 Å². The Morgan fingerprint density at radius 1 is 1.04 bits per heavy atom. The van der Waals surface area contributed by atoms with E-state index >= 15 is 0 Å². The van der Waals surface area contributed by atoms with Crippen LogP contribution in [0.15, 0.2) is 60.9 Å². The quantitative estimate of drug-likeness (QED) is 0.761. The van der Waals surface area contributed by atoms with Crippen molar-refractivity contribution in [2.45, 2.75) is 6.04 Å². The molecule has 7 heteroatoms. The largest absolute Gasteiger partial charge is 0.336 e. The fraction of sp³-hybridized carbons (Fsp3) is 0.111. The third-order valence-electron chi connectivity index (χ3n) is 3.70. The van der Waals surface area contributed by atoms with E-state index in [-0.39, 0.29) is 11.6 Å². The van der Waals surface area contributed by atoms with Gasteiger partial charge in [-0.15, -0.1) is 0 Å². The van der Waals surface area contributed by atoms with Gasteiger partial charge in [0.1, 0.15) is 23.5 Å². The van der Waals surface area contributed by atoms with Crippen molar-refractivity contribution in [3.05, 3.63) is 83.9 Å². The summed E-state index contributed by atoms with van der Waals surface area (Å²) in [6, 6.07) is 10.2. The number of amides is 2. The first-order valence-electron chi connectivity index (χ1n) is 7.59. The van der Waals surface area contributed by atoms with E-state index in [2.05, 4.69) is 15.6 Å². The third kappa shape index (κ3) is 4.00. The van der Waals surface area contributed by atoms with Crippen LogP contribution < -0.4 is 10.6 Å². The molecule has 0 saturated carbocycles. The second-order valence-corrected chi connectivity index (χ2v) is 5.49. The van der Waals surface area contributed by atoms with Crippen LogP contribution in [0.4, 0.5) is 19.3 Å². The van der Waals surface area contributed by atoms with Gasteiger partial charge in [0.25, 0.3) is 0 Å². The molecule has 1 aromatic heterocycles. The Morgan fingerprint density at radius 3 is 2.20 bits per heavy atom. The number of nitrogens with zero attached hydrogens (tertiary/aromatic N) is 2. The summed E-state index contributed by atoms with van der Waals surface area (Å²) in [5.74, 6) is -0.151. The van der Waals surface area contributed by atoms with Crippen molar-refractivity contribution >= 4 is 11.7 Å². The molecule has 5 nitrogen and oxygen atoms in total. The number of benzene rings is 2. The maximum Gasteiger partial charge on any atom is 0.320 e. The first-order chi connectivity index (χ1) is 12.0. The molecule has 0 spiro atoms. The molecular weight excluding hydrogens is 326 g/mol. The number of rotatable bonds is 4. The average molecular weight is 342 g/mol. The lowest BCUT2D eigenvalue weighted by molar-refractivity contribution is 0.249. The summed E-state index contributed by atoms with van der Waals surface area (Å²) in [5, 5.41) is 5.44. The molecule has 0 aliphatic heterocycles. The van der Waals surface area contributed by atoms with Gasteiger partial charge < -0.3 is 15.2 Å². The minimum Gasteiger partial charge on any atom is -0.336 e. The Balaban J connectivity index is 1.82. The average Bonchev–Trinajstić information content (AvgIpc) is 3.01. The minimum absolute atomic E-state index is 0.363. The van der Waals surface area contributed by atoms with Crippen LogP contribution in [0.1, 0.15) is 17.4 Å². The van der Waals surface area contributed by atoms with Crippen molar-refractivity contribution in [2.75, 3.05) is 5.32 Å². The van der Waals surface area contributed by atoms with Gasteiger partial charge in [0.2, 0.25) is 0 Å². The first-order valence-corrected chi connectivity index (χ1v) is 7.59. The second kappa shape index (κ2) is 7.12. The zero-order valence-corrected chi connectivity index (χ0v) is 13.4. The van der Waals surface area contributed by atoms with E-state index in [0.29, 0.717) is 17.1 Å². The summed E-state index contributed by atoms with van der Waals surface area (Å²) in [7, 11) is 1.80. The van der Waals surface area contributed by atoms with Crippen molar-refractivity contribution in [2.24, 2.45) is 7.05 Å². The zero-order chi connectivity index (χ0) is 17.8. The topological polar surface area (TPSA) is 59.0 Å². The highest BCUT2D eigenvalue weighted by atomic mass is 19.1. The number of anilines is 1. The van der Waals surface area contributed by atoms with Crippen LogP contribution in [0.25, 0.3) is 0 Å². The van der Waals surface area contributed by atoms with Gasteiger partial charge in [0.15, 0.2) is 0 Å². The zero-order valence-electron chi connectivity index (χ0n) is 13.4. The van der Waals surface area contributed by atoms with Gasteiger partial charge in [-0.05, 0) is 42.0 Å². The molecule has 2 amide bonds. The van der Waals surface area contributed by atoms with Crippen LogP contribution in [0, 0.1) is 11.6 Å². The molecule has 0 bridgehead atoms. The summed E-state index contributed by atoms with van der Waals surface area (Å²) in [5.41, 5.74) is 1.14. The standard InChI is InChI=1S/C18H16F2N4O/c1-24-11-10-21-17(24)16(12-2-4-13(19)5-3-12)23-18(25)22-15-8-6-14(20)7-9-15/h2-11,16H,1H3,(H2,22,23,25). The normalized spacial score (nSPS) is 11.8. The summed E-state index contributed by atoms with van der Waals surface area (Å²) in [6.45, 7) is 0. The number of hydrogen-bond donors (Lipinski definition) is 2. The second-order valence-electron chi connectivity index (χ2n) is 5.49. The van der Waals surface area contributed by atoms with E-state index in [1.54, 1.807) is 36.1 Å². The molecule has 2 aromatic carbocycles. The van der Waals surface area contributed by atoms with Gasteiger partial charge in [0, 0.05) is 25.1 Å². The number of hydrogen-bond acceptors (Lipinski definition) is 2. The predicted octanol–water partition coefficient (Wildman–Crippen LogP) is 3.61. The minimum atomic E-state index is -0.568. The maximum atomic E-state index is 13.2. The SMILES string of the molecule is Cn1ccnc1C(NC(=O)Nc1ccc(F)cc1)c1ccc(F)cc1. The molecule has 3 aromatic rings. The Bertz CT molecular complexity index is 860. The molecular formula is C18H16F2N4O. The molecule has 0 aliphatic carbocycles. The molecule has 0 radical (unpaired) electrons. The summed E-state index contributed by atoms with van der Waals surface area (Å²) < 4.78 is 27.9. The summed E-state index contributed by atoms with van der Waals surface area (Å²) in [4.78, 5) is 16.6. The Labute approximate surface area is 143 Å². The molecule has 0 saturated heterocycles. The molecule has 2 N–H and O–H groups in total. The van der Waals surface area contributed by atoms with Crippen LogP contribution >= 0.6 is 0 Å². The number of nitrogens with one attached hydrogen (secondary N) is 2. The fourth-order valence-electron chi connectivity index (χ4n) is 2.44. The van der Waals surface area contributed by atoms with Crippen LogP contribution in [0.3, 0.4) is 0 Å². The van der Waals surface area contributed by atoms with Crippen molar-refractivity contribution in [1.82, 2.24) is 14.9 Å². The number of aryl methyl sites for hydroxylation is 1. The van der Waals surface area contributed by atoms with E-state index in [1.165, 1.54) is 36.4 Å². The first kappa shape index (κ1) is 16.6. The van der Waals surface area contributed by atoms with E-state index in [4.69, 9.17) is 0 Å². The summed E-state index contributed by atoms with van der Waals surface area (Å²) in [6.07, 6.45) is 3.37. The molecule has 1 unspecified atom stereocenters. The van der Waals surface area contributed by atoms with E-state index in [1.807, 2.05) is 0 Å². The lowest BCUT2D eigenvalue weighted by Crippen LogP contribution is -2.34. The number of carbonyl (C=O) groups is 1. The molecule has 128 valence electrons. The lowest BCUT2D eigenvalue weighted by atomic mass is 10.1. The Kier molecular flexibility index (Phi) is 4.74. The highest BCUT2D eigenvalue weighted by Gasteiger charge is 2.20. The molecule has 25 heavy (non-hydrogen) atoms. The summed E-state index contributed by atoms with van der Waals surface area (Å²) >= 11 is 0. The maximum absolute atomic E-state index is 13.2. The molecule has 0 fully saturated rings. The number of imidazole rings is 1. The van der Waals surface area contributed by atoms with E-state index in [0.717, 1.165) is 0 Å². The van der Waals surface area contributed by atoms with Gasteiger partial charge in [-0.25, -0.2) is 18.6 Å². The van der Waals surface area contributed by atoms with Crippen molar-refractivity contribution in [1.29, 1.82) is 0 Å². The van der Waals surface area contributed by atoms with Gasteiger partial charge in [-0.2, -0.15) is 0 Å². The number of aromatic nitrogens is 2. The Morgan fingerprint density at radius 2 is 1.64 bits per heavy atom. The third-order valence-corrected chi connectivity index (χ3v) is 3.70. The molecule has 0 aliphatic rings. The highest BCUT2D eigenvalue weighted by Crippen LogP contribution is 2.21. The van der Waals surface area contributed by atoms with Crippen molar-refractivity contribution in [3.8, 4) is 0 Å². The monoisotopic (exact) mass is 342 g/mol. The lowest BCUT2D eigenvalue weighted by Gasteiger charge is -2.19. The fourth-order valence-corrected chi connectivity index (χ4v) is 2.44. The van der Waals surface area contributed by atoms with Gasteiger partial charge in [-0.1, -0.05) is 12.1 Å². The van der Waals surface area contributed by atoms with Gasteiger partial charge in [0.05, 0.1) is 0 Å². The van der Waals surface area contributed by atoms with Gasteiger partial charge >= 0.3 is 6.03 Å². The van der Waals surface area contributed by atoms with E-state index < -0.39 is 12.1 Å². The Hall–Kier alpha value is -3.22. The number of halogens is 2. The smallest absolute Gasteiger partial charge is 0.320 e. The van der Waals surface area contributed by atoms with Crippen molar-refractivity contribution in [3.63, 3.8) is 0 Å². The van der Waals surface area contributed by atoms with Crippen LogP contribution in [0.2, 0.25) is 0 Å². The molecule has 3 rings (SSSR count). The number of urea groups is 1. The van der Waals surface area contributed by atoms with E-state index in [9.17, 15) is 13.6 Å². The molecule has 1 atom stereocenters. The predicted molar refractivity (Wildman–Crippen MR) is 90.0 cm³/mol. The van der Waals surface area contributed by atoms with Crippen LogP contribution in [0.5, 0.6) is 0 Å². The molecule has 1 heterocycles. The van der Waals surface area contributed by atoms with Crippen LogP contribution in [-0.4, -0.2) is 15.6 Å².